The van der Waals surface area contributed by atoms with Crippen molar-refractivity contribution in [1.29, 1.82) is 5.26 Å². The molecule has 2 nitrogen and oxygen atoms in total. The Balaban J connectivity index is 2.60. The Hall–Kier alpha value is -1.08. The van der Waals surface area contributed by atoms with Crippen molar-refractivity contribution in [3.63, 3.8) is 0 Å². The van der Waals surface area contributed by atoms with Gasteiger partial charge in [-0.1, -0.05) is 15.9 Å². The molecule has 84 valence electrons. The Kier molecular flexibility index (Phi) is 2.90. The van der Waals surface area contributed by atoms with Crippen LogP contribution < -0.4 is 4.74 Å². The van der Waals surface area contributed by atoms with Gasteiger partial charge in [0, 0.05) is 4.47 Å². The summed E-state index contributed by atoms with van der Waals surface area (Å²) in [6.07, 6.45) is 2.38. The second-order valence-corrected chi connectivity index (χ2v) is 4.93. The minimum Gasteiger partial charge on any atom is -0.496 e. The highest BCUT2D eigenvalue weighted by molar-refractivity contribution is 9.10. The SMILES string of the molecule is COc1cc(Br)cc(F)c1C1(C#N)CCC1. The third-order valence-corrected chi connectivity index (χ3v) is 3.60. The molecule has 1 aromatic rings. The molecule has 1 aliphatic rings. The number of halogens is 2. The minimum atomic E-state index is -0.684. The highest BCUT2D eigenvalue weighted by Gasteiger charge is 2.43. The summed E-state index contributed by atoms with van der Waals surface area (Å²) >= 11 is 3.21. The lowest BCUT2D eigenvalue weighted by molar-refractivity contribution is 0.295. The molecular formula is C12H11BrFNO. The van der Waals surface area contributed by atoms with Gasteiger partial charge in [0.05, 0.1) is 24.2 Å². The summed E-state index contributed by atoms with van der Waals surface area (Å²) in [5.41, 5.74) is -0.275. The van der Waals surface area contributed by atoms with E-state index in [2.05, 4.69) is 22.0 Å². The zero-order chi connectivity index (χ0) is 11.8. The van der Waals surface area contributed by atoms with Gasteiger partial charge in [-0.25, -0.2) is 4.39 Å². The number of methoxy groups -OCH3 is 1. The lowest BCUT2D eigenvalue weighted by atomic mass is 9.65. The van der Waals surface area contributed by atoms with Gasteiger partial charge in [0.1, 0.15) is 11.6 Å². The molecular weight excluding hydrogens is 273 g/mol. The van der Waals surface area contributed by atoms with E-state index in [1.807, 2.05) is 0 Å². The van der Waals surface area contributed by atoms with Crippen LogP contribution in [0.5, 0.6) is 5.75 Å². The summed E-state index contributed by atoms with van der Waals surface area (Å²) in [6.45, 7) is 0. The average Bonchev–Trinajstić information content (AvgIpc) is 2.19. The molecule has 0 aliphatic heterocycles. The van der Waals surface area contributed by atoms with E-state index < -0.39 is 5.41 Å². The summed E-state index contributed by atoms with van der Waals surface area (Å²) in [6, 6.07) is 5.32. The minimum absolute atomic E-state index is 0.368. The summed E-state index contributed by atoms with van der Waals surface area (Å²) in [7, 11) is 1.49. The summed E-state index contributed by atoms with van der Waals surface area (Å²) in [5, 5.41) is 9.22. The number of nitriles is 1. The van der Waals surface area contributed by atoms with Crippen LogP contribution in [0, 0.1) is 17.1 Å². The summed E-state index contributed by atoms with van der Waals surface area (Å²) in [5.74, 6) is 0.0839. The first-order chi connectivity index (χ1) is 7.63. The Bertz CT molecular complexity index is 463. The quantitative estimate of drug-likeness (QED) is 0.832. The van der Waals surface area contributed by atoms with Crippen LogP contribution in [0.2, 0.25) is 0 Å². The lowest BCUT2D eigenvalue weighted by Crippen LogP contribution is -2.33. The van der Waals surface area contributed by atoms with Gasteiger partial charge < -0.3 is 4.74 Å². The maximum atomic E-state index is 13.9. The van der Waals surface area contributed by atoms with Crippen LogP contribution in [0.15, 0.2) is 16.6 Å². The summed E-state index contributed by atoms with van der Waals surface area (Å²) < 4.78 is 19.7. The van der Waals surface area contributed by atoms with Gasteiger partial charge in [0.25, 0.3) is 0 Å². The van der Waals surface area contributed by atoms with E-state index in [9.17, 15) is 9.65 Å². The van der Waals surface area contributed by atoms with Crippen LogP contribution in [0.4, 0.5) is 4.39 Å². The molecule has 0 bridgehead atoms. The number of benzene rings is 1. The number of hydrogen-bond donors (Lipinski definition) is 0. The zero-order valence-electron chi connectivity index (χ0n) is 8.89. The van der Waals surface area contributed by atoms with Crippen LogP contribution in [-0.4, -0.2) is 7.11 Å². The Morgan fingerprint density at radius 2 is 2.19 bits per heavy atom. The fourth-order valence-electron chi connectivity index (χ4n) is 2.12. The fourth-order valence-corrected chi connectivity index (χ4v) is 2.53. The van der Waals surface area contributed by atoms with Crippen molar-refractivity contribution in [2.24, 2.45) is 0 Å². The van der Waals surface area contributed by atoms with E-state index in [4.69, 9.17) is 4.74 Å². The van der Waals surface area contributed by atoms with Crippen molar-refractivity contribution in [3.05, 3.63) is 28.0 Å². The van der Waals surface area contributed by atoms with E-state index in [1.54, 1.807) is 6.07 Å². The van der Waals surface area contributed by atoms with Crippen molar-refractivity contribution < 1.29 is 9.13 Å². The van der Waals surface area contributed by atoms with Crippen molar-refractivity contribution in [3.8, 4) is 11.8 Å². The predicted molar refractivity (Wildman–Crippen MR) is 61.8 cm³/mol. The average molecular weight is 284 g/mol. The standard InChI is InChI=1S/C12H11BrFNO/c1-16-10-6-8(13)5-9(14)11(10)12(7-15)3-2-4-12/h5-6H,2-4H2,1H3. The van der Waals surface area contributed by atoms with Gasteiger partial charge in [-0.05, 0) is 31.4 Å². The predicted octanol–water partition coefficient (Wildman–Crippen LogP) is 3.54. The lowest BCUT2D eigenvalue weighted by Gasteiger charge is -2.36. The van der Waals surface area contributed by atoms with Crippen molar-refractivity contribution in [1.82, 2.24) is 0 Å². The van der Waals surface area contributed by atoms with Gasteiger partial charge in [0.2, 0.25) is 0 Å². The smallest absolute Gasteiger partial charge is 0.132 e. The highest BCUT2D eigenvalue weighted by atomic mass is 79.9. The Morgan fingerprint density at radius 3 is 2.62 bits per heavy atom. The molecule has 0 unspecified atom stereocenters. The molecule has 1 fully saturated rings. The molecule has 0 N–H and O–H groups in total. The number of hydrogen-bond acceptors (Lipinski definition) is 2. The first kappa shape index (κ1) is 11.4. The Morgan fingerprint density at radius 1 is 1.50 bits per heavy atom. The van der Waals surface area contributed by atoms with Crippen LogP contribution in [0.25, 0.3) is 0 Å². The molecule has 1 aliphatic carbocycles. The molecule has 0 spiro atoms. The fraction of sp³-hybridized carbons (Fsp3) is 0.417. The molecule has 0 atom stereocenters. The van der Waals surface area contributed by atoms with Crippen LogP contribution in [0.3, 0.4) is 0 Å². The highest BCUT2D eigenvalue weighted by Crippen LogP contribution is 2.48. The maximum Gasteiger partial charge on any atom is 0.132 e. The largest absolute Gasteiger partial charge is 0.496 e. The molecule has 1 aromatic carbocycles. The van der Waals surface area contributed by atoms with E-state index in [-0.39, 0.29) is 5.82 Å². The summed E-state index contributed by atoms with van der Waals surface area (Å²) in [4.78, 5) is 0. The van der Waals surface area contributed by atoms with E-state index in [0.29, 0.717) is 28.6 Å². The van der Waals surface area contributed by atoms with Crippen LogP contribution in [-0.2, 0) is 5.41 Å². The van der Waals surface area contributed by atoms with Gasteiger partial charge in [0.15, 0.2) is 0 Å². The molecule has 0 heterocycles. The zero-order valence-corrected chi connectivity index (χ0v) is 10.5. The third-order valence-electron chi connectivity index (χ3n) is 3.14. The van der Waals surface area contributed by atoms with Gasteiger partial charge in [-0.2, -0.15) is 5.26 Å². The first-order valence-electron chi connectivity index (χ1n) is 5.08. The van der Waals surface area contributed by atoms with Gasteiger partial charge in [-0.15, -0.1) is 0 Å². The van der Waals surface area contributed by atoms with E-state index in [1.165, 1.54) is 13.2 Å². The van der Waals surface area contributed by atoms with E-state index in [0.717, 1.165) is 6.42 Å². The molecule has 0 amide bonds. The van der Waals surface area contributed by atoms with Crippen LogP contribution in [0.1, 0.15) is 24.8 Å². The monoisotopic (exact) mass is 283 g/mol. The second kappa shape index (κ2) is 4.06. The second-order valence-electron chi connectivity index (χ2n) is 4.01. The first-order valence-corrected chi connectivity index (χ1v) is 5.87. The molecule has 1 saturated carbocycles. The number of nitrogens with zero attached hydrogens (tertiary/aromatic N) is 1. The third kappa shape index (κ3) is 1.60. The molecule has 2 rings (SSSR count). The van der Waals surface area contributed by atoms with E-state index >= 15 is 0 Å². The molecule has 4 heteroatoms. The maximum absolute atomic E-state index is 13.9. The normalized spacial score (nSPS) is 17.4. The number of rotatable bonds is 2. The molecule has 0 aromatic heterocycles. The molecule has 0 radical (unpaired) electrons. The topological polar surface area (TPSA) is 33.0 Å². The Labute approximate surface area is 102 Å². The van der Waals surface area contributed by atoms with Crippen molar-refractivity contribution >= 4 is 15.9 Å². The van der Waals surface area contributed by atoms with Crippen molar-refractivity contribution in [2.45, 2.75) is 24.7 Å². The van der Waals surface area contributed by atoms with Gasteiger partial charge in [-0.3, -0.25) is 0 Å². The molecule has 0 saturated heterocycles. The molecule has 16 heavy (non-hydrogen) atoms. The van der Waals surface area contributed by atoms with Crippen LogP contribution >= 0.6 is 15.9 Å². The van der Waals surface area contributed by atoms with Gasteiger partial charge >= 0.3 is 0 Å². The van der Waals surface area contributed by atoms with Crippen molar-refractivity contribution in [2.75, 3.05) is 7.11 Å². The number of ether oxygens (including phenoxy) is 1.